The first kappa shape index (κ1) is 16.3. The summed E-state index contributed by atoms with van der Waals surface area (Å²) < 4.78 is 6.04. The molecule has 0 spiro atoms. The van der Waals surface area contributed by atoms with Gasteiger partial charge < -0.3 is 10.1 Å². The van der Waals surface area contributed by atoms with Crippen LogP contribution in [-0.4, -0.2) is 23.2 Å². The van der Waals surface area contributed by atoms with E-state index < -0.39 is 12.0 Å². The summed E-state index contributed by atoms with van der Waals surface area (Å²) in [4.78, 5) is 24.3. The van der Waals surface area contributed by atoms with E-state index in [0.29, 0.717) is 16.4 Å². The monoisotopic (exact) mass is 339 g/mol. The molecule has 0 radical (unpaired) electrons. The highest BCUT2D eigenvalue weighted by molar-refractivity contribution is 7.11. The zero-order valence-electron chi connectivity index (χ0n) is 12.0. The summed E-state index contributed by atoms with van der Waals surface area (Å²) in [5, 5.41) is 11.0. The second-order valence-electron chi connectivity index (χ2n) is 4.32. The van der Waals surface area contributed by atoms with Crippen molar-refractivity contribution in [3.63, 3.8) is 0 Å². The van der Waals surface area contributed by atoms with Crippen molar-refractivity contribution >= 4 is 40.6 Å². The van der Waals surface area contributed by atoms with Gasteiger partial charge in [-0.2, -0.15) is 0 Å². The number of amides is 1. The molecule has 0 aliphatic heterocycles. The summed E-state index contributed by atoms with van der Waals surface area (Å²) in [5.74, 6) is -0.534. The standard InChI is InChI=1S/C14H14ClN3O3S/c1-3-21-12(19)11-8(2)18(13(16)22-11)14(20)17-10-6-4-5-9(15)7-10/h4-7,16H,3H2,1-2H3,(H,17,20). The number of halogens is 1. The van der Waals surface area contributed by atoms with Crippen molar-refractivity contribution in [2.24, 2.45) is 0 Å². The Labute approximate surface area is 135 Å². The molecule has 0 aliphatic rings. The van der Waals surface area contributed by atoms with Gasteiger partial charge in [0.1, 0.15) is 4.88 Å². The Kier molecular flexibility index (Phi) is 4.99. The number of benzene rings is 1. The largest absolute Gasteiger partial charge is 0.462 e. The summed E-state index contributed by atoms with van der Waals surface area (Å²) in [6, 6.07) is 6.14. The van der Waals surface area contributed by atoms with Crippen LogP contribution in [0.4, 0.5) is 10.5 Å². The smallest absolute Gasteiger partial charge is 0.350 e. The Morgan fingerprint density at radius 1 is 1.45 bits per heavy atom. The molecule has 116 valence electrons. The number of carbonyl (C=O) groups is 2. The molecule has 22 heavy (non-hydrogen) atoms. The van der Waals surface area contributed by atoms with Gasteiger partial charge in [-0.25, -0.2) is 14.2 Å². The van der Waals surface area contributed by atoms with E-state index in [1.165, 1.54) is 0 Å². The number of esters is 1. The fourth-order valence-corrected chi connectivity index (χ4v) is 2.92. The molecule has 1 heterocycles. The predicted molar refractivity (Wildman–Crippen MR) is 84.7 cm³/mol. The molecule has 1 amide bonds. The molecule has 0 bridgehead atoms. The van der Waals surface area contributed by atoms with Crippen LogP contribution < -0.4 is 10.1 Å². The quantitative estimate of drug-likeness (QED) is 0.842. The second-order valence-corrected chi connectivity index (χ2v) is 5.75. The normalized spacial score (nSPS) is 10.3. The zero-order valence-corrected chi connectivity index (χ0v) is 13.5. The fraction of sp³-hybridized carbons (Fsp3) is 0.214. The molecule has 2 aromatic rings. The van der Waals surface area contributed by atoms with Crippen molar-refractivity contribution in [2.45, 2.75) is 13.8 Å². The van der Waals surface area contributed by atoms with Crippen LogP contribution in [0.3, 0.4) is 0 Å². The minimum Gasteiger partial charge on any atom is -0.462 e. The topological polar surface area (TPSA) is 84.2 Å². The van der Waals surface area contributed by atoms with Crippen LogP contribution in [0.2, 0.25) is 5.02 Å². The van der Waals surface area contributed by atoms with Crippen LogP contribution in [-0.2, 0) is 4.74 Å². The van der Waals surface area contributed by atoms with E-state index in [1.54, 1.807) is 38.1 Å². The summed E-state index contributed by atoms with van der Waals surface area (Å²) in [6.07, 6.45) is 0. The molecular weight excluding hydrogens is 326 g/mol. The third-order valence-electron chi connectivity index (χ3n) is 2.81. The number of anilines is 1. The molecule has 0 saturated heterocycles. The lowest BCUT2D eigenvalue weighted by Crippen LogP contribution is -2.28. The SMILES string of the molecule is CCOC(=O)c1sc(=N)n(C(=O)Nc2cccc(Cl)c2)c1C. The lowest BCUT2D eigenvalue weighted by Gasteiger charge is -2.08. The molecule has 0 aliphatic carbocycles. The number of nitrogens with zero attached hydrogens (tertiary/aromatic N) is 1. The zero-order chi connectivity index (χ0) is 16.3. The second kappa shape index (κ2) is 6.76. The molecular formula is C14H14ClN3O3S. The van der Waals surface area contributed by atoms with Crippen LogP contribution in [0.25, 0.3) is 0 Å². The summed E-state index contributed by atoms with van der Waals surface area (Å²) in [6.45, 7) is 3.53. The molecule has 1 aromatic carbocycles. The van der Waals surface area contributed by atoms with E-state index in [2.05, 4.69) is 5.32 Å². The van der Waals surface area contributed by atoms with Crippen LogP contribution in [0.1, 0.15) is 22.3 Å². The van der Waals surface area contributed by atoms with Crippen LogP contribution in [0.5, 0.6) is 0 Å². The molecule has 6 nitrogen and oxygen atoms in total. The number of hydrogen-bond acceptors (Lipinski definition) is 5. The Bertz CT molecular complexity index is 782. The Morgan fingerprint density at radius 3 is 2.82 bits per heavy atom. The van der Waals surface area contributed by atoms with Gasteiger partial charge in [0.25, 0.3) is 0 Å². The number of ether oxygens (including phenoxy) is 1. The highest BCUT2D eigenvalue weighted by atomic mass is 35.5. The summed E-state index contributed by atoms with van der Waals surface area (Å²) >= 11 is 6.76. The third kappa shape index (κ3) is 3.37. The lowest BCUT2D eigenvalue weighted by molar-refractivity contribution is 0.0531. The maximum Gasteiger partial charge on any atom is 0.350 e. The molecule has 0 atom stereocenters. The van der Waals surface area contributed by atoms with Crippen molar-refractivity contribution in [3.8, 4) is 0 Å². The number of rotatable bonds is 3. The van der Waals surface area contributed by atoms with Gasteiger partial charge in [-0.3, -0.25) is 5.41 Å². The van der Waals surface area contributed by atoms with Crippen molar-refractivity contribution in [3.05, 3.63) is 44.7 Å². The number of aromatic nitrogens is 1. The average Bonchev–Trinajstić information content (AvgIpc) is 2.74. The van der Waals surface area contributed by atoms with Crippen molar-refractivity contribution in [1.82, 2.24) is 4.57 Å². The van der Waals surface area contributed by atoms with Crippen LogP contribution in [0.15, 0.2) is 24.3 Å². The molecule has 2 N–H and O–H groups in total. The van der Waals surface area contributed by atoms with Gasteiger partial charge in [0.15, 0.2) is 4.80 Å². The van der Waals surface area contributed by atoms with Crippen molar-refractivity contribution in [2.75, 3.05) is 11.9 Å². The van der Waals surface area contributed by atoms with Crippen LogP contribution >= 0.6 is 22.9 Å². The summed E-state index contributed by atoms with van der Waals surface area (Å²) in [7, 11) is 0. The minimum absolute atomic E-state index is 0.0555. The van der Waals surface area contributed by atoms with Crippen LogP contribution in [0, 0.1) is 12.3 Å². The molecule has 0 unspecified atom stereocenters. The van der Waals surface area contributed by atoms with Gasteiger partial charge >= 0.3 is 12.0 Å². The molecule has 8 heteroatoms. The third-order valence-corrected chi connectivity index (χ3v) is 4.08. The molecule has 2 rings (SSSR count). The van der Waals surface area contributed by atoms with E-state index in [4.69, 9.17) is 21.7 Å². The molecule has 0 saturated carbocycles. The Hall–Kier alpha value is -2.12. The number of nitrogens with one attached hydrogen (secondary N) is 2. The van der Waals surface area contributed by atoms with Gasteiger partial charge in [0.05, 0.1) is 12.3 Å². The van der Waals surface area contributed by atoms with Crippen molar-refractivity contribution < 1.29 is 14.3 Å². The number of carbonyl (C=O) groups excluding carboxylic acids is 2. The lowest BCUT2D eigenvalue weighted by atomic mass is 10.3. The van der Waals surface area contributed by atoms with Gasteiger partial charge in [-0.05, 0) is 32.0 Å². The van der Waals surface area contributed by atoms with E-state index in [9.17, 15) is 9.59 Å². The number of hydrogen-bond donors (Lipinski definition) is 2. The molecule has 0 fully saturated rings. The first-order valence-corrected chi connectivity index (χ1v) is 7.64. The van der Waals surface area contributed by atoms with E-state index in [-0.39, 0.29) is 16.3 Å². The fourth-order valence-electron chi connectivity index (χ4n) is 1.85. The van der Waals surface area contributed by atoms with E-state index >= 15 is 0 Å². The minimum atomic E-state index is -0.534. The van der Waals surface area contributed by atoms with Crippen molar-refractivity contribution in [1.29, 1.82) is 5.41 Å². The summed E-state index contributed by atoms with van der Waals surface area (Å²) in [5.41, 5.74) is 0.876. The number of thiazole rings is 1. The van der Waals surface area contributed by atoms with Gasteiger partial charge in [0, 0.05) is 10.7 Å². The van der Waals surface area contributed by atoms with E-state index in [0.717, 1.165) is 15.9 Å². The average molecular weight is 340 g/mol. The van der Waals surface area contributed by atoms with Gasteiger partial charge in [-0.15, -0.1) is 0 Å². The maximum absolute atomic E-state index is 12.3. The highest BCUT2D eigenvalue weighted by Crippen LogP contribution is 2.17. The predicted octanol–water partition coefficient (Wildman–Crippen LogP) is 3.25. The Morgan fingerprint density at radius 2 is 2.18 bits per heavy atom. The first-order valence-electron chi connectivity index (χ1n) is 6.45. The first-order chi connectivity index (χ1) is 10.4. The van der Waals surface area contributed by atoms with E-state index in [1.807, 2.05) is 0 Å². The van der Waals surface area contributed by atoms with Gasteiger partial charge in [-0.1, -0.05) is 29.0 Å². The maximum atomic E-state index is 12.3. The highest BCUT2D eigenvalue weighted by Gasteiger charge is 2.20. The molecule has 1 aromatic heterocycles. The Balaban J connectivity index is 2.31. The van der Waals surface area contributed by atoms with Gasteiger partial charge in [0.2, 0.25) is 0 Å².